The molecule has 0 radical (unpaired) electrons. The topological polar surface area (TPSA) is 38.7 Å². The summed E-state index contributed by atoms with van der Waals surface area (Å²) >= 11 is 0. The van der Waals surface area contributed by atoms with Crippen LogP contribution in [-0.4, -0.2) is 30.2 Å². The normalized spacial score (nSPS) is 47.1. The van der Waals surface area contributed by atoms with Crippen LogP contribution in [0.15, 0.2) is 0 Å². The highest BCUT2D eigenvalue weighted by Crippen LogP contribution is 2.35. The summed E-state index contributed by atoms with van der Waals surface area (Å²) in [7, 11) is 0. The van der Waals surface area contributed by atoms with E-state index in [-0.39, 0.29) is 6.10 Å². The van der Waals surface area contributed by atoms with Gasteiger partial charge in [0.05, 0.1) is 13.2 Å². The van der Waals surface area contributed by atoms with Crippen molar-refractivity contribution in [1.29, 1.82) is 0 Å². The maximum atomic E-state index is 9.66. The van der Waals surface area contributed by atoms with Crippen LogP contribution >= 0.6 is 0 Å². The van der Waals surface area contributed by atoms with Gasteiger partial charge in [0.25, 0.3) is 0 Å². The van der Waals surface area contributed by atoms with Gasteiger partial charge < -0.3 is 14.6 Å². The van der Waals surface area contributed by atoms with Gasteiger partial charge >= 0.3 is 0 Å². The summed E-state index contributed by atoms with van der Waals surface area (Å²) < 4.78 is 10.5. The minimum absolute atomic E-state index is 0.0544. The van der Waals surface area contributed by atoms with Gasteiger partial charge in [-0.25, -0.2) is 0 Å². The molecule has 2 rings (SSSR count). The van der Waals surface area contributed by atoms with Gasteiger partial charge in [-0.2, -0.15) is 0 Å². The molecule has 58 valence electrons. The third-order valence-electron chi connectivity index (χ3n) is 2.26. The maximum absolute atomic E-state index is 9.66. The molecule has 1 saturated heterocycles. The van der Waals surface area contributed by atoms with Gasteiger partial charge in [-0.05, 0) is 12.8 Å². The highest BCUT2D eigenvalue weighted by molar-refractivity contribution is 4.87. The maximum Gasteiger partial charge on any atom is 0.192 e. The summed E-state index contributed by atoms with van der Waals surface area (Å²) in [5, 5.41) is 9.66. The molecule has 0 amide bonds. The fraction of sp³-hybridized carbons (Fsp3) is 1.00. The van der Waals surface area contributed by atoms with E-state index in [1.165, 1.54) is 0 Å². The van der Waals surface area contributed by atoms with Crippen molar-refractivity contribution in [3.05, 3.63) is 0 Å². The first-order valence-corrected chi connectivity index (χ1v) is 3.79. The fourth-order valence-electron chi connectivity index (χ4n) is 1.71. The predicted octanol–water partition coefficient (Wildman–Crippen LogP) is 0.274. The SMILES string of the molecule is OC12CCCC1OCCO2. The van der Waals surface area contributed by atoms with Crippen molar-refractivity contribution in [2.45, 2.75) is 31.2 Å². The summed E-state index contributed by atoms with van der Waals surface area (Å²) in [6.07, 6.45) is 2.64. The number of aliphatic hydroxyl groups is 1. The number of ether oxygens (including phenoxy) is 2. The first kappa shape index (κ1) is 6.58. The van der Waals surface area contributed by atoms with Crippen molar-refractivity contribution in [3.8, 4) is 0 Å². The van der Waals surface area contributed by atoms with Gasteiger partial charge in [0.1, 0.15) is 6.10 Å². The molecule has 2 atom stereocenters. The lowest BCUT2D eigenvalue weighted by Crippen LogP contribution is -2.47. The molecule has 0 aromatic carbocycles. The van der Waals surface area contributed by atoms with Crippen molar-refractivity contribution < 1.29 is 14.6 Å². The third kappa shape index (κ3) is 0.856. The Kier molecular flexibility index (Phi) is 1.44. The zero-order chi connectivity index (χ0) is 7.03. The summed E-state index contributed by atoms with van der Waals surface area (Å²) in [6.45, 7) is 1.17. The Morgan fingerprint density at radius 2 is 2.30 bits per heavy atom. The van der Waals surface area contributed by atoms with E-state index in [1.54, 1.807) is 0 Å². The van der Waals surface area contributed by atoms with Crippen molar-refractivity contribution in [2.24, 2.45) is 0 Å². The lowest BCUT2D eigenvalue weighted by molar-refractivity contribution is -0.291. The van der Waals surface area contributed by atoms with Crippen molar-refractivity contribution >= 4 is 0 Å². The highest BCUT2D eigenvalue weighted by atomic mass is 16.7. The minimum atomic E-state index is -0.932. The van der Waals surface area contributed by atoms with Crippen molar-refractivity contribution in [3.63, 3.8) is 0 Å². The number of rotatable bonds is 0. The van der Waals surface area contributed by atoms with Crippen LogP contribution in [-0.2, 0) is 9.47 Å². The zero-order valence-electron chi connectivity index (χ0n) is 5.88. The second-order valence-electron chi connectivity index (χ2n) is 2.94. The molecule has 10 heavy (non-hydrogen) atoms. The fourth-order valence-corrected chi connectivity index (χ4v) is 1.71. The van der Waals surface area contributed by atoms with E-state index in [0.717, 1.165) is 19.3 Å². The average Bonchev–Trinajstić information content (AvgIpc) is 2.29. The van der Waals surface area contributed by atoms with E-state index in [2.05, 4.69) is 0 Å². The van der Waals surface area contributed by atoms with Crippen molar-refractivity contribution in [2.75, 3.05) is 13.2 Å². The van der Waals surface area contributed by atoms with Gasteiger partial charge in [-0.1, -0.05) is 0 Å². The van der Waals surface area contributed by atoms with Gasteiger partial charge in [0.2, 0.25) is 0 Å². The van der Waals surface area contributed by atoms with E-state index in [9.17, 15) is 5.11 Å². The van der Waals surface area contributed by atoms with E-state index >= 15 is 0 Å². The Labute approximate surface area is 59.9 Å². The van der Waals surface area contributed by atoms with Crippen LogP contribution in [0.3, 0.4) is 0 Å². The highest BCUT2D eigenvalue weighted by Gasteiger charge is 2.45. The van der Waals surface area contributed by atoms with E-state index < -0.39 is 5.79 Å². The molecule has 1 saturated carbocycles. The Morgan fingerprint density at radius 3 is 3.10 bits per heavy atom. The molecular formula is C7H12O3. The molecule has 2 fully saturated rings. The second-order valence-corrected chi connectivity index (χ2v) is 2.94. The number of hydrogen-bond donors (Lipinski definition) is 1. The molecule has 3 heteroatoms. The van der Waals surface area contributed by atoms with Gasteiger partial charge in [0.15, 0.2) is 5.79 Å². The quantitative estimate of drug-likeness (QED) is 0.530. The molecule has 0 spiro atoms. The molecule has 1 heterocycles. The van der Waals surface area contributed by atoms with E-state index in [4.69, 9.17) is 9.47 Å². The summed E-state index contributed by atoms with van der Waals surface area (Å²) in [6, 6.07) is 0. The molecule has 0 aromatic heterocycles. The van der Waals surface area contributed by atoms with E-state index in [0.29, 0.717) is 13.2 Å². The zero-order valence-corrected chi connectivity index (χ0v) is 5.88. The predicted molar refractivity (Wildman–Crippen MR) is 34.5 cm³/mol. The van der Waals surface area contributed by atoms with Crippen LogP contribution in [0.4, 0.5) is 0 Å². The molecule has 1 N–H and O–H groups in total. The summed E-state index contributed by atoms with van der Waals surface area (Å²) in [5.74, 6) is -0.932. The van der Waals surface area contributed by atoms with Crippen molar-refractivity contribution in [1.82, 2.24) is 0 Å². The van der Waals surface area contributed by atoms with Crippen LogP contribution in [0.1, 0.15) is 19.3 Å². The summed E-state index contributed by atoms with van der Waals surface area (Å²) in [4.78, 5) is 0. The van der Waals surface area contributed by atoms with Gasteiger partial charge in [-0.15, -0.1) is 0 Å². The first-order valence-electron chi connectivity index (χ1n) is 3.79. The number of hydrogen-bond acceptors (Lipinski definition) is 3. The molecule has 2 unspecified atom stereocenters. The van der Waals surface area contributed by atoms with Crippen LogP contribution in [0, 0.1) is 0 Å². The van der Waals surface area contributed by atoms with Crippen LogP contribution in [0.2, 0.25) is 0 Å². The van der Waals surface area contributed by atoms with Gasteiger partial charge in [0, 0.05) is 6.42 Å². The molecular weight excluding hydrogens is 132 g/mol. The minimum Gasteiger partial charge on any atom is -0.370 e. The second kappa shape index (κ2) is 2.19. The molecule has 1 aliphatic heterocycles. The standard InChI is InChI=1S/C7H12O3/c8-7-3-1-2-6(7)9-4-5-10-7/h6,8H,1-5H2. The Morgan fingerprint density at radius 1 is 1.40 bits per heavy atom. The molecule has 2 aliphatic rings. The molecule has 3 nitrogen and oxygen atoms in total. The Bertz CT molecular complexity index is 137. The Balaban J connectivity index is 2.10. The Hall–Kier alpha value is -0.120. The summed E-state index contributed by atoms with van der Waals surface area (Å²) in [5.41, 5.74) is 0. The first-order chi connectivity index (χ1) is 4.81. The van der Waals surface area contributed by atoms with Crippen LogP contribution < -0.4 is 0 Å². The molecule has 0 aromatic rings. The van der Waals surface area contributed by atoms with Gasteiger partial charge in [-0.3, -0.25) is 0 Å². The molecule has 1 aliphatic carbocycles. The number of fused-ring (bicyclic) bond motifs is 1. The molecule has 0 bridgehead atoms. The van der Waals surface area contributed by atoms with Crippen LogP contribution in [0.25, 0.3) is 0 Å². The average molecular weight is 144 g/mol. The lowest BCUT2D eigenvalue weighted by atomic mass is 10.2. The smallest absolute Gasteiger partial charge is 0.192 e. The third-order valence-corrected chi connectivity index (χ3v) is 2.26. The lowest BCUT2D eigenvalue weighted by Gasteiger charge is -2.34. The van der Waals surface area contributed by atoms with E-state index in [1.807, 2.05) is 0 Å². The monoisotopic (exact) mass is 144 g/mol. The van der Waals surface area contributed by atoms with Crippen LogP contribution in [0.5, 0.6) is 0 Å². The largest absolute Gasteiger partial charge is 0.370 e.